The van der Waals surface area contributed by atoms with Gasteiger partial charge in [-0.1, -0.05) is 25.1 Å². The fourth-order valence-corrected chi connectivity index (χ4v) is 3.95. The molecule has 1 amide bonds. The van der Waals surface area contributed by atoms with Gasteiger partial charge in [0, 0.05) is 37.8 Å². The number of rotatable bonds is 7. The van der Waals surface area contributed by atoms with Crippen LogP contribution in [0.2, 0.25) is 0 Å². The fraction of sp³-hybridized carbons (Fsp3) is 0.458. The number of methoxy groups -OCH3 is 1. The predicted molar refractivity (Wildman–Crippen MR) is 115 cm³/mol. The number of halogens is 1. The first kappa shape index (κ1) is 21.3. The number of likely N-dealkylation sites (tertiary alicyclic amines) is 1. The summed E-state index contributed by atoms with van der Waals surface area (Å²) in [6.45, 7) is 6.47. The average molecular weight is 399 g/mol. The summed E-state index contributed by atoms with van der Waals surface area (Å²) in [5, 5.41) is 0. The number of hydrogen-bond acceptors (Lipinski definition) is 3. The van der Waals surface area contributed by atoms with Crippen molar-refractivity contribution in [2.75, 3.05) is 25.1 Å². The van der Waals surface area contributed by atoms with Crippen LogP contribution < -0.4 is 9.64 Å². The van der Waals surface area contributed by atoms with E-state index >= 15 is 0 Å². The second kappa shape index (κ2) is 9.88. The van der Waals surface area contributed by atoms with E-state index in [2.05, 4.69) is 17.0 Å². The molecule has 2 aromatic carbocycles. The Kier molecular flexibility index (Phi) is 7.26. The van der Waals surface area contributed by atoms with E-state index < -0.39 is 0 Å². The van der Waals surface area contributed by atoms with Gasteiger partial charge in [-0.15, -0.1) is 0 Å². The second-order valence-electron chi connectivity index (χ2n) is 7.80. The number of hydrogen-bond donors (Lipinski definition) is 0. The maximum absolute atomic E-state index is 14.2. The first-order valence-corrected chi connectivity index (χ1v) is 10.4. The molecule has 1 saturated heterocycles. The zero-order chi connectivity index (χ0) is 20.8. The lowest BCUT2D eigenvalue weighted by Gasteiger charge is -2.39. The van der Waals surface area contributed by atoms with E-state index in [9.17, 15) is 9.18 Å². The van der Waals surface area contributed by atoms with E-state index in [0.717, 1.165) is 44.6 Å². The summed E-state index contributed by atoms with van der Waals surface area (Å²) >= 11 is 0. The van der Waals surface area contributed by atoms with E-state index in [1.165, 1.54) is 11.6 Å². The highest BCUT2D eigenvalue weighted by atomic mass is 19.1. The molecular formula is C24H31FN2O2. The van der Waals surface area contributed by atoms with Crippen LogP contribution in [0, 0.1) is 12.7 Å². The Balaban J connectivity index is 1.67. The van der Waals surface area contributed by atoms with Crippen LogP contribution in [0.4, 0.5) is 10.1 Å². The molecular weight excluding hydrogens is 367 g/mol. The van der Waals surface area contributed by atoms with Crippen molar-refractivity contribution < 1.29 is 13.9 Å². The number of ether oxygens (including phenoxy) is 1. The number of nitrogens with zero attached hydrogens (tertiary/aromatic N) is 2. The van der Waals surface area contributed by atoms with Crippen molar-refractivity contribution in [1.82, 2.24) is 4.90 Å². The van der Waals surface area contributed by atoms with Crippen LogP contribution in [-0.2, 0) is 11.3 Å². The first-order chi connectivity index (χ1) is 14.0. The van der Waals surface area contributed by atoms with Gasteiger partial charge in [-0.3, -0.25) is 9.69 Å². The zero-order valence-electron chi connectivity index (χ0n) is 17.7. The number of piperidine rings is 1. The Labute approximate surface area is 173 Å². The molecule has 0 atom stereocenters. The summed E-state index contributed by atoms with van der Waals surface area (Å²) < 4.78 is 19.4. The molecule has 4 nitrogen and oxygen atoms in total. The lowest BCUT2D eigenvalue weighted by Crippen LogP contribution is -2.47. The fourth-order valence-electron chi connectivity index (χ4n) is 3.95. The molecule has 0 unspecified atom stereocenters. The summed E-state index contributed by atoms with van der Waals surface area (Å²) in [5.74, 6) is 0.695. The van der Waals surface area contributed by atoms with Gasteiger partial charge in [0.05, 0.1) is 7.11 Å². The molecule has 0 bridgehead atoms. The third-order valence-electron chi connectivity index (χ3n) is 5.65. The van der Waals surface area contributed by atoms with Crippen molar-refractivity contribution in [3.05, 3.63) is 59.4 Å². The van der Waals surface area contributed by atoms with Crippen molar-refractivity contribution in [2.45, 2.75) is 52.1 Å². The summed E-state index contributed by atoms with van der Waals surface area (Å²) in [4.78, 5) is 17.1. The third-order valence-corrected chi connectivity index (χ3v) is 5.65. The predicted octanol–water partition coefficient (Wildman–Crippen LogP) is 4.94. The normalized spacial score (nSPS) is 15.3. The monoisotopic (exact) mass is 398 g/mol. The Bertz CT molecular complexity index is 814. The molecule has 0 saturated carbocycles. The van der Waals surface area contributed by atoms with Crippen LogP contribution in [0.15, 0.2) is 42.5 Å². The van der Waals surface area contributed by atoms with E-state index in [1.807, 2.05) is 30.0 Å². The van der Waals surface area contributed by atoms with Gasteiger partial charge < -0.3 is 9.64 Å². The minimum absolute atomic E-state index is 0.0874. The number of carbonyl (C=O) groups excluding carboxylic acids is 1. The summed E-state index contributed by atoms with van der Waals surface area (Å²) in [5.41, 5.74) is 2.54. The average Bonchev–Trinajstić information content (AvgIpc) is 2.73. The molecule has 0 aromatic heterocycles. The lowest BCUT2D eigenvalue weighted by molar-refractivity contribution is -0.119. The van der Waals surface area contributed by atoms with Crippen LogP contribution in [0.5, 0.6) is 5.75 Å². The maximum atomic E-state index is 14.2. The molecule has 0 radical (unpaired) electrons. The molecule has 3 rings (SSSR count). The molecule has 5 heteroatoms. The molecule has 0 N–H and O–H groups in total. The Morgan fingerprint density at radius 2 is 1.86 bits per heavy atom. The smallest absolute Gasteiger partial charge is 0.227 e. The third kappa shape index (κ3) is 5.36. The van der Waals surface area contributed by atoms with Crippen LogP contribution in [0.1, 0.15) is 43.7 Å². The van der Waals surface area contributed by atoms with Gasteiger partial charge in [0.25, 0.3) is 0 Å². The molecule has 156 valence electrons. The Hall–Kier alpha value is -2.40. The molecule has 1 fully saturated rings. The van der Waals surface area contributed by atoms with Gasteiger partial charge >= 0.3 is 0 Å². The minimum atomic E-state index is -0.256. The van der Waals surface area contributed by atoms with Crippen molar-refractivity contribution in [2.24, 2.45) is 0 Å². The molecule has 0 aliphatic carbocycles. The Morgan fingerprint density at radius 1 is 1.17 bits per heavy atom. The zero-order valence-corrected chi connectivity index (χ0v) is 17.7. The highest BCUT2D eigenvalue weighted by Crippen LogP contribution is 2.27. The minimum Gasteiger partial charge on any atom is -0.497 e. The van der Waals surface area contributed by atoms with Crippen molar-refractivity contribution in [3.63, 3.8) is 0 Å². The van der Waals surface area contributed by atoms with Gasteiger partial charge in [0.15, 0.2) is 0 Å². The number of amides is 1. The second-order valence-corrected chi connectivity index (χ2v) is 7.80. The summed E-state index contributed by atoms with van der Waals surface area (Å²) in [6, 6.07) is 13.4. The molecule has 0 spiro atoms. The van der Waals surface area contributed by atoms with E-state index in [0.29, 0.717) is 17.7 Å². The van der Waals surface area contributed by atoms with Crippen LogP contribution >= 0.6 is 0 Å². The molecule has 1 aliphatic rings. The highest BCUT2D eigenvalue weighted by molar-refractivity contribution is 5.94. The Morgan fingerprint density at radius 3 is 2.45 bits per heavy atom. The molecule has 1 heterocycles. The number of anilines is 1. The largest absolute Gasteiger partial charge is 0.497 e. The summed E-state index contributed by atoms with van der Waals surface area (Å²) in [6.07, 6.45) is 3.06. The van der Waals surface area contributed by atoms with Gasteiger partial charge in [0.2, 0.25) is 5.91 Å². The van der Waals surface area contributed by atoms with E-state index in [1.54, 1.807) is 20.1 Å². The molecule has 29 heavy (non-hydrogen) atoms. The molecule has 2 aromatic rings. The standard InChI is InChI=1S/C24H31FN2O2/c1-4-5-24(28)27(21-9-6-18(2)23(25)16-21)20-12-14-26(15-13-20)17-19-7-10-22(29-3)11-8-19/h6-11,16,20H,4-5,12-15,17H2,1-3H3. The van der Waals surface area contributed by atoms with Crippen LogP contribution in [0.3, 0.4) is 0 Å². The quantitative estimate of drug-likeness (QED) is 0.662. The number of carbonyl (C=O) groups is 1. The first-order valence-electron chi connectivity index (χ1n) is 10.4. The van der Waals surface area contributed by atoms with E-state index in [4.69, 9.17) is 4.74 Å². The van der Waals surface area contributed by atoms with Gasteiger partial charge in [-0.2, -0.15) is 0 Å². The van der Waals surface area contributed by atoms with Crippen molar-refractivity contribution >= 4 is 11.6 Å². The number of benzene rings is 2. The van der Waals surface area contributed by atoms with Crippen LogP contribution in [0.25, 0.3) is 0 Å². The number of aryl methyl sites for hydroxylation is 1. The van der Waals surface area contributed by atoms with Gasteiger partial charge in [0.1, 0.15) is 11.6 Å². The van der Waals surface area contributed by atoms with Crippen molar-refractivity contribution in [1.29, 1.82) is 0 Å². The topological polar surface area (TPSA) is 32.8 Å². The van der Waals surface area contributed by atoms with Crippen molar-refractivity contribution in [3.8, 4) is 5.75 Å². The van der Waals surface area contributed by atoms with E-state index in [-0.39, 0.29) is 17.8 Å². The van der Waals surface area contributed by atoms with Crippen LogP contribution in [-0.4, -0.2) is 37.0 Å². The summed E-state index contributed by atoms with van der Waals surface area (Å²) in [7, 11) is 1.67. The lowest BCUT2D eigenvalue weighted by atomic mass is 10.0. The highest BCUT2D eigenvalue weighted by Gasteiger charge is 2.29. The molecule has 1 aliphatic heterocycles. The maximum Gasteiger partial charge on any atom is 0.227 e. The van der Waals surface area contributed by atoms with Gasteiger partial charge in [-0.05, 0) is 61.6 Å². The SMILES string of the molecule is CCCC(=O)N(c1ccc(C)c(F)c1)C1CCN(Cc2ccc(OC)cc2)CC1. The van der Waals surface area contributed by atoms with Gasteiger partial charge in [-0.25, -0.2) is 4.39 Å².